The lowest BCUT2D eigenvalue weighted by Gasteiger charge is -2.31. The van der Waals surface area contributed by atoms with E-state index in [0.29, 0.717) is 25.1 Å². The molecule has 0 bridgehead atoms. The molecule has 0 radical (unpaired) electrons. The van der Waals surface area contributed by atoms with Gasteiger partial charge in [-0.3, -0.25) is 4.79 Å². The van der Waals surface area contributed by atoms with Crippen LogP contribution in [-0.4, -0.2) is 38.8 Å². The molecule has 2 aromatic rings. The number of aryl methyl sites for hydroxylation is 1. The van der Waals surface area contributed by atoms with E-state index in [0.717, 1.165) is 5.56 Å². The zero-order valence-electron chi connectivity index (χ0n) is 15.8. The summed E-state index contributed by atoms with van der Waals surface area (Å²) in [5.41, 5.74) is 1.15. The van der Waals surface area contributed by atoms with E-state index < -0.39 is 21.8 Å². The van der Waals surface area contributed by atoms with Crippen LogP contribution in [0.4, 0.5) is 10.1 Å². The second-order valence-electron chi connectivity index (χ2n) is 6.86. The minimum Gasteiger partial charge on any atom is -0.495 e. The van der Waals surface area contributed by atoms with Crippen LogP contribution < -0.4 is 10.1 Å². The standard InChI is InChI=1S/C20H23FN2O4S/c1-14-8-9-18(27-2)19(11-14)28(25,26)23-10-4-5-15(13-23)20(24)22-17-7-3-6-16(21)12-17/h3,6-9,11-12,15H,4-5,10,13H2,1-2H3,(H,22,24)/t15-/m0/s1. The summed E-state index contributed by atoms with van der Waals surface area (Å²) in [6.45, 7) is 2.22. The van der Waals surface area contributed by atoms with Crippen LogP contribution in [0.15, 0.2) is 47.4 Å². The van der Waals surface area contributed by atoms with E-state index in [1.165, 1.54) is 29.6 Å². The Morgan fingerprint density at radius 3 is 2.75 bits per heavy atom. The van der Waals surface area contributed by atoms with Gasteiger partial charge in [0.15, 0.2) is 0 Å². The first-order valence-electron chi connectivity index (χ1n) is 9.02. The molecule has 3 rings (SSSR count). The van der Waals surface area contributed by atoms with Gasteiger partial charge in [-0.05, 0) is 55.7 Å². The Bertz CT molecular complexity index is 978. The van der Waals surface area contributed by atoms with E-state index in [2.05, 4.69) is 5.32 Å². The van der Waals surface area contributed by atoms with Gasteiger partial charge in [0.1, 0.15) is 16.5 Å². The van der Waals surface area contributed by atoms with Gasteiger partial charge in [-0.15, -0.1) is 0 Å². The number of amides is 1. The van der Waals surface area contributed by atoms with E-state index >= 15 is 0 Å². The van der Waals surface area contributed by atoms with E-state index in [4.69, 9.17) is 4.74 Å². The molecule has 1 atom stereocenters. The van der Waals surface area contributed by atoms with Crippen LogP contribution in [0.25, 0.3) is 0 Å². The third-order valence-corrected chi connectivity index (χ3v) is 6.67. The Kier molecular flexibility index (Phi) is 6.00. The fourth-order valence-corrected chi connectivity index (χ4v) is 5.07. The number of rotatable bonds is 5. The van der Waals surface area contributed by atoms with Crippen LogP contribution in [0, 0.1) is 18.7 Å². The summed E-state index contributed by atoms with van der Waals surface area (Å²) in [6, 6.07) is 10.6. The quantitative estimate of drug-likeness (QED) is 0.828. The van der Waals surface area contributed by atoms with Gasteiger partial charge in [0, 0.05) is 18.8 Å². The van der Waals surface area contributed by atoms with Crippen molar-refractivity contribution in [2.75, 3.05) is 25.5 Å². The van der Waals surface area contributed by atoms with Crippen molar-refractivity contribution >= 4 is 21.6 Å². The van der Waals surface area contributed by atoms with Gasteiger partial charge in [0.2, 0.25) is 15.9 Å². The van der Waals surface area contributed by atoms with Crippen molar-refractivity contribution in [3.05, 3.63) is 53.8 Å². The monoisotopic (exact) mass is 406 g/mol. The first kappa shape index (κ1) is 20.3. The molecular formula is C20H23FN2O4S. The summed E-state index contributed by atoms with van der Waals surface area (Å²) in [6.07, 6.45) is 1.13. The van der Waals surface area contributed by atoms with Crippen LogP contribution in [0.5, 0.6) is 5.75 Å². The van der Waals surface area contributed by atoms with Crippen LogP contribution in [-0.2, 0) is 14.8 Å². The molecule has 0 aromatic heterocycles. The number of sulfonamides is 1. The zero-order chi connectivity index (χ0) is 20.3. The zero-order valence-corrected chi connectivity index (χ0v) is 16.6. The number of methoxy groups -OCH3 is 1. The van der Waals surface area contributed by atoms with Gasteiger partial charge in [-0.25, -0.2) is 12.8 Å². The number of carbonyl (C=O) groups is 1. The molecule has 0 saturated carbocycles. The molecule has 1 N–H and O–H groups in total. The highest BCUT2D eigenvalue weighted by Gasteiger charge is 2.35. The third kappa shape index (κ3) is 4.34. The van der Waals surface area contributed by atoms with E-state index in [1.807, 2.05) is 6.92 Å². The molecule has 6 nitrogen and oxygen atoms in total. The molecule has 1 aliphatic rings. The second kappa shape index (κ2) is 8.28. The fourth-order valence-electron chi connectivity index (χ4n) is 3.31. The van der Waals surface area contributed by atoms with Crippen LogP contribution in [0.3, 0.4) is 0 Å². The predicted octanol–water partition coefficient (Wildman–Crippen LogP) is 3.18. The number of ether oxygens (including phenoxy) is 1. The van der Waals surface area contributed by atoms with E-state index in [-0.39, 0.29) is 23.1 Å². The summed E-state index contributed by atoms with van der Waals surface area (Å²) in [5, 5.41) is 2.67. The van der Waals surface area contributed by atoms with Gasteiger partial charge in [0.05, 0.1) is 13.0 Å². The topological polar surface area (TPSA) is 75.7 Å². The van der Waals surface area contributed by atoms with Gasteiger partial charge in [0.25, 0.3) is 0 Å². The van der Waals surface area contributed by atoms with Crippen molar-refractivity contribution in [1.82, 2.24) is 4.31 Å². The lowest BCUT2D eigenvalue weighted by molar-refractivity contribution is -0.120. The van der Waals surface area contributed by atoms with E-state index in [9.17, 15) is 17.6 Å². The molecule has 0 spiro atoms. The maximum atomic E-state index is 13.3. The third-order valence-electron chi connectivity index (χ3n) is 4.78. The summed E-state index contributed by atoms with van der Waals surface area (Å²) >= 11 is 0. The van der Waals surface area contributed by atoms with Crippen molar-refractivity contribution in [3.63, 3.8) is 0 Å². The molecule has 1 heterocycles. The molecule has 1 aliphatic heterocycles. The second-order valence-corrected chi connectivity index (χ2v) is 8.76. The number of anilines is 1. The first-order valence-corrected chi connectivity index (χ1v) is 10.5. The number of carbonyl (C=O) groups excluding carboxylic acids is 1. The molecule has 1 saturated heterocycles. The molecule has 0 aliphatic carbocycles. The Morgan fingerprint density at radius 1 is 1.25 bits per heavy atom. The predicted molar refractivity (Wildman–Crippen MR) is 104 cm³/mol. The molecule has 28 heavy (non-hydrogen) atoms. The number of halogens is 1. The number of benzene rings is 2. The average molecular weight is 406 g/mol. The number of nitrogens with one attached hydrogen (secondary N) is 1. The Labute approximate surface area is 164 Å². The molecule has 150 valence electrons. The van der Waals surface area contributed by atoms with Crippen molar-refractivity contribution < 1.29 is 22.3 Å². The highest BCUT2D eigenvalue weighted by molar-refractivity contribution is 7.89. The van der Waals surface area contributed by atoms with Gasteiger partial charge in [-0.1, -0.05) is 12.1 Å². The maximum absolute atomic E-state index is 13.3. The van der Waals surface area contributed by atoms with Crippen molar-refractivity contribution in [3.8, 4) is 5.75 Å². The molecule has 8 heteroatoms. The normalized spacial score (nSPS) is 17.9. The largest absolute Gasteiger partial charge is 0.495 e. The Balaban J connectivity index is 1.79. The van der Waals surface area contributed by atoms with Crippen LogP contribution in [0.1, 0.15) is 18.4 Å². The SMILES string of the molecule is COc1ccc(C)cc1S(=O)(=O)N1CCC[C@H](C(=O)Nc2cccc(F)c2)C1. The average Bonchev–Trinajstić information content (AvgIpc) is 2.68. The summed E-state index contributed by atoms with van der Waals surface area (Å²) in [7, 11) is -2.38. The lowest BCUT2D eigenvalue weighted by Crippen LogP contribution is -2.43. The molecular weight excluding hydrogens is 383 g/mol. The summed E-state index contributed by atoms with van der Waals surface area (Å²) in [4.78, 5) is 12.7. The molecule has 1 amide bonds. The van der Waals surface area contributed by atoms with Crippen molar-refractivity contribution in [2.24, 2.45) is 5.92 Å². The number of hydrogen-bond acceptors (Lipinski definition) is 4. The Morgan fingerprint density at radius 2 is 2.04 bits per heavy atom. The summed E-state index contributed by atoms with van der Waals surface area (Å²) in [5.74, 6) is -1.00. The highest BCUT2D eigenvalue weighted by atomic mass is 32.2. The molecule has 2 aromatic carbocycles. The van der Waals surface area contributed by atoms with Crippen molar-refractivity contribution in [1.29, 1.82) is 0 Å². The van der Waals surface area contributed by atoms with Crippen LogP contribution >= 0.6 is 0 Å². The Hall–Kier alpha value is -2.45. The molecule has 0 unspecified atom stereocenters. The minimum absolute atomic E-state index is 0.0700. The summed E-state index contributed by atoms with van der Waals surface area (Å²) < 4.78 is 46.2. The fraction of sp³-hybridized carbons (Fsp3) is 0.350. The van der Waals surface area contributed by atoms with Gasteiger partial charge in [-0.2, -0.15) is 4.31 Å². The van der Waals surface area contributed by atoms with E-state index in [1.54, 1.807) is 24.3 Å². The molecule has 1 fully saturated rings. The maximum Gasteiger partial charge on any atom is 0.246 e. The van der Waals surface area contributed by atoms with Crippen molar-refractivity contribution in [2.45, 2.75) is 24.7 Å². The number of piperidine rings is 1. The number of nitrogens with zero attached hydrogens (tertiary/aromatic N) is 1. The van der Waals surface area contributed by atoms with Crippen LogP contribution in [0.2, 0.25) is 0 Å². The van der Waals surface area contributed by atoms with Gasteiger partial charge >= 0.3 is 0 Å². The smallest absolute Gasteiger partial charge is 0.246 e. The highest BCUT2D eigenvalue weighted by Crippen LogP contribution is 2.31. The minimum atomic E-state index is -3.80. The van der Waals surface area contributed by atoms with Gasteiger partial charge < -0.3 is 10.1 Å². The lowest BCUT2D eigenvalue weighted by atomic mass is 9.99. The number of hydrogen-bond donors (Lipinski definition) is 1. The first-order chi connectivity index (χ1) is 13.3.